The normalized spacial score (nSPS) is 11.2. The Labute approximate surface area is 175 Å². The van der Waals surface area contributed by atoms with Gasteiger partial charge in [0.05, 0.1) is 4.90 Å². The first-order chi connectivity index (χ1) is 13.8. The molecular weight excluding hydrogens is 412 g/mol. The maximum Gasteiger partial charge on any atom is 0.240 e. The van der Waals surface area contributed by atoms with E-state index in [1.165, 1.54) is 13.4 Å². The van der Waals surface area contributed by atoms with Gasteiger partial charge in [0.1, 0.15) is 18.0 Å². The highest BCUT2D eigenvalue weighted by atomic mass is 35.5. The highest BCUT2D eigenvalue weighted by molar-refractivity contribution is 7.89. The lowest BCUT2D eigenvalue weighted by molar-refractivity contribution is 0.588. The van der Waals surface area contributed by atoms with E-state index in [1.807, 2.05) is 37.2 Å². The van der Waals surface area contributed by atoms with Gasteiger partial charge >= 0.3 is 0 Å². The van der Waals surface area contributed by atoms with Gasteiger partial charge in [-0.2, -0.15) is 0 Å². The van der Waals surface area contributed by atoms with E-state index in [1.54, 1.807) is 30.3 Å². The second-order valence-electron chi connectivity index (χ2n) is 6.36. The Balaban J connectivity index is 1.88. The van der Waals surface area contributed by atoms with Gasteiger partial charge in [0.15, 0.2) is 0 Å². The van der Waals surface area contributed by atoms with Crippen LogP contribution in [0, 0.1) is 0 Å². The minimum atomic E-state index is -3.59. The average Bonchev–Trinajstić information content (AvgIpc) is 2.70. The minimum Gasteiger partial charge on any atom is -0.378 e. The van der Waals surface area contributed by atoms with E-state index < -0.39 is 10.0 Å². The number of hydrogen-bond donors (Lipinski definition) is 3. The summed E-state index contributed by atoms with van der Waals surface area (Å²) >= 11 is 5.91. The van der Waals surface area contributed by atoms with Gasteiger partial charge in [-0.1, -0.05) is 11.6 Å². The Kier molecular flexibility index (Phi) is 6.21. The fourth-order valence-corrected chi connectivity index (χ4v) is 3.43. The molecule has 0 aliphatic heterocycles. The molecule has 0 amide bonds. The standard InChI is InChI=1S/C19H21ClN6O2S/c1-21-29(27,28)17-9-15(8-16(10-17)26(2)3)25-19-11-18(22-12-23-19)24-14-6-4-13(20)5-7-14/h4-12,21H,1-3H3,(H2,22,23,24,25). The molecule has 10 heteroatoms. The summed E-state index contributed by atoms with van der Waals surface area (Å²) in [4.78, 5) is 10.4. The number of benzene rings is 2. The molecule has 3 N–H and O–H groups in total. The van der Waals surface area contributed by atoms with Crippen LogP contribution in [0.15, 0.2) is 59.8 Å². The molecule has 0 spiro atoms. The summed E-state index contributed by atoms with van der Waals surface area (Å²) in [5, 5.41) is 6.95. The van der Waals surface area contributed by atoms with Crippen LogP contribution in [0.3, 0.4) is 0 Å². The topological polar surface area (TPSA) is 99.2 Å². The Morgan fingerprint density at radius 1 is 0.897 bits per heavy atom. The summed E-state index contributed by atoms with van der Waals surface area (Å²) in [6, 6.07) is 13.9. The third-order valence-electron chi connectivity index (χ3n) is 4.04. The van der Waals surface area contributed by atoms with Crippen LogP contribution in [0.4, 0.5) is 28.7 Å². The molecule has 152 valence electrons. The van der Waals surface area contributed by atoms with Gasteiger partial charge in [0.25, 0.3) is 0 Å². The quantitative estimate of drug-likeness (QED) is 0.524. The van der Waals surface area contributed by atoms with E-state index in [-0.39, 0.29) is 4.90 Å². The maximum absolute atomic E-state index is 12.3. The largest absolute Gasteiger partial charge is 0.378 e. The maximum atomic E-state index is 12.3. The Morgan fingerprint density at radius 2 is 1.52 bits per heavy atom. The van der Waals surface area contributed by atoms with Crippen LogP contribution in [-0.4, -0.2) is 39.5 Å². The molecule has 0 aliphatic rings. The van der Waals surface area contributed by atoms with E-state index >= 15 is 0 Å². The van der Waals surface area contributed by atoms with Crippen molar-refractivity contribution in [3.8, 4) is 0 Å². The number of sulfonamides is 1. The van der Waals surface area contributed by atoms with Gasteiger partial charge in [-0.15, -0.1) is 0 Å². The number of anilines is 5. The van der Waals surface area contributed by atoms with Crippen molar-refractivity contribution >= 4 is 50.3 Å². The molecule has 0 fully saturated rings. The monoisotopic (exact) mass is 432 g/mol. The van der Waals surface area contributed by atoms with Crippen LogP contribution in [-0.2, 0) is 10.0 Å². The first kappa shape index (κ1) is 20.8. The highest BCUT2D eigenvalue weighted by Crippen LogP contribution is 2.27. The molecule has 2 aromatic carbocycles. The fraction of sp³-hybridized carbons (Fsp3) is 0.158. The van der Waals surface area contributed by atoms with E-state index in [2.05, 4.69) is 25.3 Å². The number of hydrogen-bond acceptors (Lipinski definition) is 7. The average molecular weight is 433 g/mol. The number of halogens is 1. The van der Waals surface area contributed by atoms with E-state index in [0.29, 0.717) is 22.3 Å². The lowest BCUT2D eigenvalue weighted by Gasteiger charge is -2.17. The van der Waals surface area contributed by atoms with E-state index in [4.69, 9.17) is 11.6 Å². The highest BCUT2D eigenvalue weighted by Gasteiger charge is 2.15. The third kappa shape index (κ3) is 5.35. The molecule has 0 radical (unpaired) electrons. The summed E-state index contributed by atoms with van der Waals surface area (Å²) in [6.45, 7) is 0. The molecule has 29 heavy (non-hydrogen) atoms. The first-order valence-electron chi connectivity index (χ1n) is 8.64. The molecule has 0 atom stereocenters. The molecule has 0 saturated heterocycles. The second kappa shape index (κ2) is 8.64. The van der Waals surface area contributed by atoms with Crippen LogP contribution < -0.4 is 20.3 Å². The van der Waals surface area contributed by atoms with Gasteiger partial charge in [-0.3, -0.25) is 0 Å². The van der Waals surface area contributed by atoms with Gasteiger partial charge in [-0.25, -0.2) is 23.1 Å². The van der Waals surface area contributed by atoms with Crippen LogP contribution in [0.5, 0.6) is 0 Å². The summed E-state index contributed by atoms with van der Waals surface area (Å²) in [6.07, 6.45) is 1.42. The molecule has 0 saturated carbocycles. The summed E-state index contributed by atoms with van der Waals surface area (Å²) in [5.41, 5.74) is 2.15. The van der Waals surface area contributed by atoms with Crippen molar-refractivity contribution < 1.29 is 8.42 Å². The number of nitrogens with zero attached hydrogens (tertiary/aromatic N) is 3. The van der Waals surface area contributed by atoms with Gasteiger partial charge in [-0.05, 0) is 49.5 Å². The van der Waals surface area contributed by atoms with Crippen molar-refractivity contribution in [2.24, 2.45) is 0 Å². The lowest BCUT2D eigenvalue weighted by atomic mass is 10.2. The molecule has 1 aromatic heterocycles. The summed E-state index contributed by atoms with van der Waals surface area (Å²) in [7, 11) is 1.47. The third-order valence-corrected chi connectivity index (χ3v) is 5.69. The van der Waals surface area contributed by atoms with E-state index in [0.717, 1.165) is 11.4 Å². The second-order valence-corrected chi connectivity index (χ2v) is 8.69. The fourth-order valence-electron chi connectivity index (χ4n) is 2.51. The van der Waals surface area contributed by atoms with Crippen molar-refractivity contribution in [3.05, 3.63) is 59.9 Å². The predicted octanol–water partition coefficient (Wildman–Crippen LogP) is 3.59. The van der Waals surface area contributed by atoms with Crippen molar-refractivity contribution in [2.75, 3.05) is 36.7 Å². The smallest absolute Gasteiger partial charge is 0.240 e. The minimum absolute atomic E-state index is 0.155. The van der Waals surface area contributed by atoms with Crippen molar-refractivity contribution in [1.82, 2.24) is 14.7 Å². The molecule has 1 heterocycles. The molecule has 8 nitrogen and oxygen atoms in total. The van der Waals surface area contributed by atoms with E-state index in [9.17, 15) is 8.42 Å². The molecule has 0 aliphatic carbocycles. The molecular formula is C19H21ClN6O2S. The SMILES string of the molecule is CNS(=O)(=O)c1cc(Nc2cc(Nc3ccc(Cl)cc3)ncn2)cc(N(C)C)c1. The number of nitrogens with one attached hydrogen (secondary N) is 3. The van der Waals surface area contributed by atoms with Gasteiger partial charge in [0, 0.05) is 42.2 Å². The summed E-state index contributed by atoms with van der Waals surface area (Å²) < 4.78 is 26.9. The zero-order chi connectivity index (χ0) is 21.0. The predicted molar refractivity (Wildman–Crippen MR) is 117 cm³/mol. The molecule has 0 unspecified atom stereocenters. The van der Waals surface area contributed by atoms with Crippen LogP contribution in [0.2, 0.25) is 5.02 Å². The Bertz CT molecular complexity index is 1100. The zero-order valence-electron chi connectivity index (χ0n) is 16.1. The zero-order valence-corrected chi connectivity index (χ0v) is 17.7. The number of aromatic nitrogens is 2. The Morgan fingerprint density at radius 3 is 2.10 bits per heavy atom. The van der Waals surface area contributed by atoms with Crippen LogP contribution in [0.25, 0.3) is 0 Å². The number of rotatable bonds is 7. The van der Waals surface area contributed by atoms with Gasteiger partial charge < -0.3 is 15.5 Å². The van der Waals surface area contributed by atoms with Crippen molar-refractivity contribution in [3.63, 3.8) is 0 Å². The summed E-state index contributed by atoms with van der Waals surface area (Å²) in [5.74, 6) is 1.09. The van der Waals surface area contributed by atoms with Crippen LogP contribution >= 0.6 is 11.6 Å². The molecule has 3 aromatic rings. The van der Waals surface area contributed by atoms with Crippen molar-refractivity contribution in [1.29, 1.82) is 0 Å². The van der Waals surface area contributed by atoms with Crippen molar-refractivity contribution in [2.45, 2.75) is 4.90 Å². The first-order valence-corrected chi connectivity index (χ1v) is 10.5. The van der Waals surface area contributed by atoms with Crippen LogP contribution in [0.1, 0.15) is 0 Å². The molecule has 3 rings (SSSR count). The Hall–Kier alpha value is -2.88. The lowest BCUT2D eigenvalue weighted by Crippen LogP contribution is -2.19. The van der Waals surface area contributed by atoms with Gasteiger partial charge in [0.2, 0.25) is 10.0 Å². The molecule has 0 bridgehead atoms.